The van der Waals surface area contributed by atoms with Gasteiger partial charge in [0, 0.05) is 17.5 Å². The number of ether oxygens (including phenoxy) is 2. The van der Waals surface area contributed by atoms with Gasteiger partial charge in [-0.15, -0.1) is 0 Å². The van der Waals surface area contributed by atoms with Gasteiger partial charge in [0.2, 0.25) is 5.91 Å². The third-order valence-electron chi connectivity index (χ3n) is 7.36. The molecule has 1 aliphatic carbocycles. The highest BCUT2D eigenvalue weighted by atomic mass is 16.6. The summed E-state index contributed by atoms with van der Waals surface area (Å²) in [6, 6.07) is 18.4. The van der Waals surface area contributed by atoms with Crippen LogP contribution in [0.5, 0.6) is 0 Å². The van der Waals surface area contributed by atoms with E-state index in [0.717, 1.165) is 56.1 Å². The first-order chi connectivity index (χ1) is 17.2. The lowest BCUT2D eigenvalue weighted by molar-refractivity contribution is -0.202. The molecule has 1 saturated carbocycles. The topological polar surface area (TPSA) is 67.8 Å². The van der Waals surface area contributed by atoms with Crippen LogP contribution in [0.2, 0.25) is 0 Å². The molecule has 2 aromatic carbocycles. The first kappa shape index (κ1) is 24.1. The van der Waals surface area contributed by atoms with Crippen molar-refractivity contribution >= 4 is 5.91 Å². The minimum atomic E-state index is -0.122. The Balaban J connectivity index is 1.20. The molecular formula is C30H35NO4. The normalized spacial score (nSPS) is 27.9. The minimum absolute atomic E-state index is 0.0359. The van der Waals surface area contributed by atoms with Crippen LogP contribution < -0.4 is 5.32 Å². The molecule has 0 unspecified atom stereocenters. The van der Waals surface area contributed by atoms with Crippen LogP contribution in [0.4, 0.5) is 0 Å². The van der Waals surface area contributed by atoms with Gasteiger partial charge in [-0.25, -0.2) is 0 Å². The van der Waals surface area contributed by atoms with Crippen LogP contribution in [-0.4, -0.2) is 48.1 Å². The molecule has 1 amide bonds. The zero-order valence-electron chi connectivity index (χ0n) is 20.2. The predicted octanol–water partition coefficient (Wildman–Crippen LogP) is 4.00. The lowest BCUT2D eigenvalue weighted by Gasteiger charge is -2.45. The summed E-state index contributed by atoms with van der Waals surface area (Å²) < 4.78 is 12.6. The number of carbonyl (C=O) groups excluding carboxylic acids is 1. The van der Waals surface area contributed by atoms with E-state index in [9.17, 15) is 9.90 Å². The second kappa shape index (κ2) is 11.4. The number of fused-ring (bicyclic) bond motifs is 1. The van der Waals surface area contributed by atoms with Gasteiger partial charge in [-0.1, -0.05) is 42.2 Å². The number of amides is 1. The van der Waals surface area contributed by atoms with Crippen molar-refractivity contribution in [2.45, 2.75) is 81.8 Å². The van der Waals surface area contributed by atoms with Crippen molar-refractivity contribution in [3.05, 3.63) is 71.3 Å². The fraction of sp³-hybridized carbons (Fsp3) is 0.500. The summed E-state index contributed by atoms with van der Waals surface area (Å²) in [5.74, 6) is 7.11. The second-order valence-corrected chi connectivity index (χ2v) is 10.2. The molecular weight excluding hydrogens is 438 g/mol. The molecule has 5 atom stereocenters. The fourth-order valence-corrected chi connectivity index (χ4v) is 5.16. The summed E-state index contributed by atoms with van der Waals surface area (Å²) in [6.07, 6.45) is 6.93. The lowest BCUT2D eigenvalue weighted by Crippen LogP contribution is -2.57. The average molecular weight is 474 g/mol. The van der Waals surface area contributed by atoms with Crippen LogP contribution in [0.1, 0.15) is 61.6 Å². The van der Waals surface area contributed by atoms with E-state index in [1.807, 2.05) is 30.3 Å². The Labute approximate surface area is 208 Å². The first-order valence-corrected chi connectivity index (χ1v) is 13.0. The Hall–Kier alpha value is -2.65. The third kappa shape index (κ3) is 6.73. The van der Waals surface area contributed by atoms with Crippen LogP contribution in [0, 0.1) is 17.8 Å². The number of benzene rings is 2. The maximum atomic E-state index is 12.6. The molecule has 3 fully saturated rings. The number of aliphatic hydroxyl groups excluding tert-OH is 1. The van der Waals surface area contributed by atoms with E-state index in [1.165, 1.54) is 5.56 Å². The molecule has 5 rings (SSSR count). The molecule has 2 heterocycles. The summed E-state index contributed by atoms with van der Waals surface area (Å²) in [4.78, 5) is 12.6. The molecule has 184 valence electrons. The van der Waals surface area contributed by atoms with Crippen molar-refractivity contribution in [2.24, 2.45) is 5.92 Å². The minimum Gasteiger partial charge on any atom is -0.394 e. The highest BCUT2D eigenvalue weighted by Gasteiger charge is 2.42. The van der Waals surface area contributed by atoms with Crippen molar-refractivity contribution in [3.63, 3.8) is 0 Å². The summed E-state index contributed by atoms with van der Waals surface area (Å²) >= 11 is 0. The molecule has 2 saturated heterocycles. The molecule has 35 heavy (non-hydrogen) atoms. The number of carbonyl (C=O) groups is 1. The van der Waals surface area contributed by atoms with Crippen LogP contribution in [0.3, 0.4) is 0 Å². The fourth-order valence-electron chi connectivity index (χ4n) is 5.16. The van der Waals surface area contributed by atoms with E-state index < -0.39 is 0 Å². The highest BCUT2D eigenvalue weighted by molar-refractivity contribution is 5.76. The maximum absolute atomic E-state index is 12.6. The quantitative estimate of drug-likeness (QED) is 0.597. The number of nitrogens with one attached hydrogen (secondary N) is 1. The van der Waals surface area contributed by atoms with Gasteiger partial charge in [0.15, 0.2) is 0 Å². The number of aliphatic hydroxyl groups is 1. The SMILES string of the molecule is O=C(CC1CC1)N[C@@H]1C[C@@H]2O[C@H](CO)CC[C@@H]2O[C@@H]1CCc1ccc(C#Cc2ccccc2)cc1. The Morgan fingerprint density at radius 3 is 2.37 bits per heavy atom. The zero-order valence-corrected chi connectivity index (χ0v) is 20.2. The van der Waals surface area contributed by atoms with E-state index in [2.05, 4.69) is 41.4 Å². The van der Waals surface area contributed by atoms with E-state index in [0.29, 0.717) is 12.3 Å². The third-order valence-corrected chi connectivity index (χ3v) is 7.36. The molecule has 0 radical (unpaired) electrons. The number of hydrogen-bond donors (Lipinski definition) is 2. The highest BCUT2D eigenvalue weighted by Crippen LogP contribution is 2.35. The molecule has 2 aromatic rings. The first-order valence-electron chi connectivity index (χ1n) is 13.0. The Morgan fingerprint density at radius 1 is 0.914 bits per heavy atom. The average Bonchev–Trinajstić information content (AvgIpc) is 3.71. The Kier molecular flexibility index (Phi) is 7.83. The molecule has 2 aliphatic heterocycles. The van der Waals surface area contributed by atoms with Gasteiger partial charge in [0.05, 0.1) is 37.1 Å². The van der Waals surface area contributed by atoms with Gasteiger partial charge in [0.1, 0.15) is 0 Å². The van der Waals surface area contributed by atoms with Gasteiger partial charge >= 0.3 is 0 Å². The van der Waals surface area contributed by atoms with E-state index in [1.54, 1.807) is 0 Å². The van der Waals surface area contributed by atoms with Crippen molar-refractivity contribution < 1.29 is 19.4 Å². The molecule has 0 spiro atoms. The molecule has 3 aliphatic rings. The largest absolute Gasteiger partial charge is 0.394 e. The standard InChI is InChI=1S/C30H35NO4/c32-20-25-15-17-28-29(34-25)19-26(31-30(33)18-24-12-13-24)27(35-28)16-14-23-10-8-22(9-11-23)7-6-21-4-2-1-3-5-21/h1-5,8-11,24-29,32H,12-20H2,(H,31,33)/t25-,26+,27+,28-,29-/m0/s1. The second-order valence-electron chi connectivity index (χ2n) is 10.2. The smallest absolute Gasteiger partial charge is 0.220 e. The van der Waals surface area contributed by atoms with Gasteiger partial charge in [-0.2, -0.15) is 0 Å². The van der Waals surface area contributed by atoms with Crippen LogP contribution >= 0.6 is 0 Å². The maximum Gasteiger partial charge on any atom is 0.220 e. The number of hydrogen-bond acceptors (Lipinski definition) is 4. The van der Waals surface area contributed by atoms with Gasteiger partial charge in [-0.05, 0) is 80.7 Å². The monoisotopic (exact) mass is 473 g/mol. The van der Waals surface area contributed by atoms with Crippen LogP contribution in [0.15, 0.2) is 54.6 Å². The van der Waals surface area contributed by atoms with Crippen molar-refractivity contribution in [1.82, 2.24) is 5.32 Å². The van der Waals surface area contributed by atoms with E-state index in [-0.39, 0.29) is 43.0 Å². The molecule has 0 aromatic heterocycles. The molecule has 2 N–H and O–H groups in total. The Bertz CT molecular complexity index is 1040. The van der Waals surface area contributed by atoms with Gasteiger partial charge in [-0.3, -0.25) is 4.79 Å². The van der Waals surface area contributed by atoms with Gasteiger partial charge < -0.3 is 19.9 Å². The summed E-state index contributed by atoms with van der Waals surface area (Å²) in [5.41, 5.74) is 3.25. The van der Waals surface area contributed by atoms with Crippen LogP contribution in [0.25, 0.3) is 0 Å². The van der Waals surface area contributed by atoms with Crippen molar-refractivity contribution in [3.8, 4) is 11.8 Å². The molecule has 5 heteroatoms. The van der Waals surface area contributed by atoms with Gasteiger partial charge in [0.25, 0.3) is 0 Å². The summed E-state index contributed by atoms with van der Waals surface area (Å²) in [5, 5.41) is 12.8. The molecule has 0 bridgehead atoms. The molecule has 5 nitrogen and oxygen atoms in total. The lowest BCUT2D eigenvalue weighted by atomic mass is 9.88. The van der Waals surface area contributed by atoms with Crippen molar-refractivity contribution in [2.75, 3.05) is 6.61 Å². The Morgan fingerprint density at radius 2 is 1.66 bits per heavy atom. The van der Waals surface area contributed by atoms with E-state index >= 15 is 0 Å². The van der Waals surface area contributed by atoms with Crippen LogP contribution in [-0.2, 0) is 20.7 Å². The summed E-state index contributed by atoms with van der Waals surface area (Å²) in [7, 11) is 0. The van der Waals surface area contributed by atoms with Crippen molar-refractivity contribution in [1.29, 1.82) is 0 Å². The van der Waals surface area contributed by atoms with E-state index in [4.69, 9.17) is 9.47 Å². The number of rotatable bonds is 7. The predicted molar refractivity (Wildman–Crippen MR) is 135 cm³/mol. The number of aryl methyl sites for hydroxylation is 1. The summed E-state index contributed by atoms with van der Waals surface area (Å²) in [6.45, 7) is 0.0388. The zero-order chi connectivity index (χ0) is 24.0.